The molecule has 1 aliphatic heterocycles. The minimum atomic E-state index is -0.0637. The quantitative estimate of drug-likeness (QED) is 0.444. The van der Waals surface area contributed by atoms with Gasteiger partial charge in [-0.2, -0.15) is 0 Å². The summed E-state index contributed by atoms with van der Waals surface area (Å²) in [6, 6.07) is 21.9. The van der Waals surface area contributed by atoms with Gasteiger partial charge in [-0.25, -0.2) is 0 Å². The molecule has 1 aliphatic rings. The second kappa shape index (κ2) is 10.4. The van der Waals surface area contributed by atoms with Crippen molar-refractivity contribution in [3.63, 3.8) is 0 Å². The lowest BCUT2D eigenvalue weighted by Gasteiger charge is -2.32. The Kier molecular flexibility index (Phi) is 7.19. The van der Waals surface area contributed by atoms with Gasteiger partial charge in [0.1, 0.15) is 6.61 Å². The van der Waals surface area contributed by atoms with Crippen molar-refractivity contribution in [1.29, 1.82) is 0 Å². The average molecular weight is 451 g/mol. The number of methoxy groups -OCH3 is 2. The first kappa shape index (κ1) is 22.0. The Morgan fingerprint density at radius 1 is 0.906 bits per heavy atom. The Morgan fingerprint density at radius 3 is 2.25 bits per heavy atom. The number of carbonyl (C=O) groups is 1. The summed E-state index contributed by atoms with van der Waals surface area (Å²) in [6.07, 6.45) is 0.346. The summed E-state index contributed by atoms with van der Waals surface area (Å²) in [5.41, 5.74) is 2.92. The number of benzene rings is 3. The molecule has 0 radical (unpaired) electrons. The number of amides is 1. The van der Waals surface area contributed by atoms with Crippen LogP contribution in [-0.2, 0) is 9.53 Å². The molecule has 0 saturated carbocycles. The van der Waals surface area contributed by atoms with Crippen LogP contribution < -0.4 is 19.7 Å². The van der Waals surface area contributed by atoms with Crippen LogP contribution in [0.25, 0.3) is 0 Å². The Bertz CT molecular complexity index is 1040. The second-order valence-corrected chi connectivity index (χ2v) is 8.28. The van der Waals surface area contributed by atoms with Gasteiger partial charge in [-0.1, -0.05) is 36.0 Å². The van der Waals surface area contributed by atoms with Gasteiger partial charge in [0.25, 0.3) is 0 Å². The lowest BCUT2D eigenvalue weighted by Crippen LogP contribution is -2.25. The van der Waals surface area contributed by atoms with Crippen molar-refractivity contribution < 1.29 is 19.0 Å². The highest BCUT2D eigenvalue weighted by molar-refractivity contribution is 7.99. The molecule has 0 aliphatic carbocycles. The smallest absolute Gasteiger partial charge is 0.226 e. The van der Waals surface area contributed by atoms with Crippen LogP contribution in [0.1, 0.15) is 6.42 Å². The number of ether oxygens (including phenoxy) is 3. The zero-order chi connectivity index (χ0) is 22.3. The van der Waals surface area contributed by atoms with Crippen LogP contribution in [0.5, 0.6) is 11.5 Å². The van der Waals surface area contributed by atoms with E-state index in [-0.39, 0.29) is 5.91 Å². The van der Waals surface area contributed by atoms with Crippen molar-refractivity contribution >= 4 is 34.7 Å². The molecule has 0 aromatic heterocycles. The Morgan fingerprint density at radius 2 is 1.59 bits per heavy atom. The molecule has 3 aromatic carbocycles. The summed E-state index contributed by atoms with van der Waals surface area (Å²) >= 11 is 1.76. The maximum atomic E-state index is 12.8. The van der Waals surface area contributed by atoms with E-state index >= 15 is 0 Å². The van der Waals surface area contributed by atoms with Gasteiger partial charge >= 0.3 is 0 Å². The minimum Gasteiger partial charge on any atom is -0.493 e. The third-order valence-electron chi connectivity index (χ3n) is 5.09. The van der Waals surface area contributed by atoms with Crippen molar-refractivity contribution in [3.05, 3.63) is 66.7 Å². The minimum absolute atomic E-state index is 0.0637. The Hall–Kier alpha value is -3.16. The number of anilines is 3. The molecule has 32 heavy (non-hydrogen) atoms. The van der Waals surface area contributed by atoms with Crippen LogP contribution in [0, 0.1) is 0 Å². The van der Waals surface area contributed by atoms with E-state index in [0.29, 0.717) is 43.4 Å². The number of fused-ring (bicyclic) bond motifs is 2. The molecular weight excluding hydrogens is 424 g/mol. The van der Waals surface area contributed by atoms with Gasteiger partial charge in [0.15, 0.2) is 11.5 Å². The van der Waals surface area contributed by atoms with Crippen LogP contribution in [0.4, 0.5) is 17.1 Å². The fourth-order valence-corrected chi connectivity index (χ4v) is 4.66. The lowest BCUT2D eigenvalue weighted by molar-refractivity contribution is -0.116. The van der Waals surface area contributed by atoms with Crippen LogP contribution in [0.2, 0.25) is 0 Å². The molecule has 1 N–H and O–H groups in total. The zero-order valence-electron chi connectivity index (χ0n) is 18.2. The maximum Gasteiger partial charge on any atom is 0.226 e. The monoisotopic (exact) mass is 450 g/mol. The van der Waals surface area contributed by atoms with Crippen LogP contribution in [-0.4, -0.2) is 39.9 Å². The van der Waals surface area contributed by atoms with Gasteiger partial charge in [0.2, 0.25) is 5.91 Å². The summed E-state index contributed by atoms with van der Waals surface area (Å²) < 4.78 is 16.1. The summed E-state index contributed by atoms with van der Waals surface area (Å²) in [4.78, 5) is 17.4. The molecular formula is C25H26N2O4S. The van der Waals surface area contributed by atoms with Crippen molar-refractivity contribution in [2.24, 2.45) is 0 Å². The Labute approximate surface area is 192 Å². The van der Waals surface area contributed by atoms with E-state index in [1.807, 2.05) is 30.3 Å². The fourth-order valence-electron chi connectivity index (χ4n) is 3.56. The van der Waals surface area contributed by atoms with E-state index < -0.39 is 0 Å². The van der Waals surface area contributed by atoms with E-state index in [9.17, 15) is 4.79 Å². The van der Waals surface area contributed by atoms with Crippen LogP contribution >= 0.6 is 11.8 Å². The molecule has 1 amide bonds. The zero-order valence-corrected chi connectivity index (χ0v) is 19.0. The molecule has 6 nitrogen and oxygen atoms in total. The SMILES string of the molecule is COCCOc1cc(NC(=O)CCN2c3ccccc3Sc3ccccc32)ccc1OC. The largest absolute Gasteiger partial charge is 0.493 e. The van der Waals surface area contributed by atoms with E-state index in [1.165, 1.54) is 9.79 Å². The maximum absolute atomic E-state index is 12.8. The van der Waals surface area contributed by atoms with E-state index in [4.69, 9.17) is 14.2 Å². The van der Waals surface area contributed by atoms with Crippen LogP contribution in [0.3, 0.4) is 0 Å². The number of nitrogens with zero attached hydrogens (tertiary/aromatic N) is 1. The summed E-state index contributed by atoms with van der Waals surface area (Å²) in [5.74, 6) is 1.11. The third-order valence-corrected chi connectivity index (χ3v) is 6.22. The Balaban J connectivity index is 1.44. The van der Waals surface area contributed by atoms with E-state index in [2.05, 4.69) is 34.5 Å². The topological polar surface area (TPSA) is 60.0 Å². The van der Waals surface area contributed by atoms with E-state index in [0.717, 1.165) is 11.4 Å². The third kappa shape index (κ3) is 5.00. The molecule has 0 saturated heterocycles. The summed E-state index contributed by atoms with van der Waals surface area (Å²) in [6.45, 7) is 1.45. The predicted molar refractivity (Wildman–Crippen MR) is 128 cm³/mol. The molecule has 0 unspecified atom stereocenters. The first-order chi connectivity index (χ1) is 15.7. The number of nitrogens with one attached hydrogen (secondary N) is 1. The summed E-state index contributed by atoms with van der Waals surface area (Å²) in [7, 11) is 3.21. The fraction of sp³-hybridized carbons (Fsp3) is 0.240. The highest BCUT2D eigenvalue weighted by Gasteiger charge is 2.23. The second-order valence-electron chi connectivity index (χ2n) is 7.19. The lowest BCUT2D eigenvalue weighted by atomic mass is 10.2. The molecule has 0 fully saturated rings. The molecule has 7 heteroatoms. The molecule has 0 atom stereocenters. The number of hydrogen-bond donors (Lipinski definition) is 1. The van der Waals surface area contributed by atoms with Gasteiger partial charge in [0, 0.05) is 41.6 Å². The van der Waals surface area contributed by atoms with Gasteiger partial charge in [-0.3, -0.25) is 4.79 Å². The highest BCUT2D eigenvalue weighted by Crippen LogP contribution is 2.47. The van der Waals surface area contributed by atoms with Gasteiger partial charge in [-0.15, -0.1) is 0 Å². The molecule has 1 heterocycles. The van der Waals surface area contributed by atoms with Gasteiger partial charge < -0.3 is 24.4 Å². The average Bonchev–Trinajstić information content (AvgIpc) is 2.82. The standard InChI is InChI=1S/C25H26N2O4S/c1-29-15-16-31-22-17-18(11-12-21(22)30-2)26-25(28)13-14-27-19-7-3-5-9-23(19)32-24-10-6-4-8-20(24)27/h3-12,17H,13-16H2,1-2H3,(H,26,28). The van der Waals surface area contributed by atoms with Crippen molar-refractivity contribution in [3.8, 4) is 11.5 Å². The first-order valence-corrected chi connectivity index (χ1v) is 11.2. The molecule has 0 bridgehead atoms. The van der Waals surface area contributed by atoms with E-state index in [1.54, 1.807) is 38.1 Å². The van der Waals surface area contributed by atoms with Crippen molar-refractivity contribution in [2.45, 2.75) is 16.2 Å². The number of carbonyl (C=O) groups excluding carboxylic acids is 1. The van der Waals surface area contributed by atoms with Crippen molar-refractivity contribution in [1.82, 2.24) is 0 Å². The molecule has 4 rings (SSSR count). The van der Waals surface area contributed by atoms with Crippen LogP contribution in [0.15, 0.2) is 76.5 Å². The highest BCUT2D eigenvalue weighted by atomic mass is 32.2. The summed E-state index contributed by atoms with van der Waals surface area (Å²) in [5, 5.41) is 2.97. The number of rotatable bonds is 9. The molecule has 0 spiro atoms. The first-order valence-electron chi connectivity index (χ1n) is 10.4. The van der Waals surface area contributed by atoms with Crippen molar-refractivity contribution in [2.75, 3.05) is 44.2 Å². The number of hydrogen-bond acceptors (Lipinski definition) is 6. The van der Waals surface area contributed by atoms with Gasteiger partial charge in [-0.05, 0) is 36.4 Å². The molecule has 166 valence electrons. The predicted octanol–water partition coefficient (Wildman–Crippen LogP) is 5.35. The molecule has 3 aromatic rings. The normalized spacial score (nSPS) is 12.0. The van der Waals surface area contributed by atoms with Gasteiger partial charge in [0.05, 0.1) is 25.1 Å². The number of para-hydroxylation sites is 2.